The predicted octanol–water partition coefficient (Wildman–Crippen LogP) is 2.36. The van der Waals surface area contributed by atoms with Crippen molar-refractivity contribution in [1.82, 2.24) is 19.9 Å². The number of aromatic hydroxyl groups is 1. The lowest BCUT2D eigenvalue weighted by Crippen LogP contribution is -2.37. The number of phenols is 1. The van der Waals surface area contributed by atoms with Gasteiger partial charge in [-0.1, -0.05) is 23.2 Å². The third kappa shape index (κ3) is 4.14. The van der Waals surface area contributed by atoms with Crippen LogP contribution in [0, 0.1) is 0 Å². The fourth-order valence-corrected chi connectivity index (χ4v) is 3.56. The molecule has 1 amide bonds. The fourth-order valence-electron chi connectivity index (χ4n) is 3.06. The molecular formula is C18H19Cl2N5O3. The molecule has 2 aromatic heterocycles. The van der Waals surface area contributed by atoms with Crippen molar-refractivity contribution in [3.8, 4) is 5.75 Å². The highest BCUT2D eigenvalue weighted by atomic mass is 35.5. The van der Waals surface area contributed by atoms with Crippen LogP contribution in [0.5, 0.6) is 5.75 Å². The first-order chi connectivity index (χ1) is 13.5. The molecular weight excluding hydrogens is 405 g/mol. The number of rotatable bonds is 3. The largest absolute Gasteiger partial charge is 0.506 e. The standard InChI is InChI=1S/C17H15Cl2N5O2.CH4O/c18-10-7-12(16(25)13(19)8-10)17(26)21-11-3-5-23(9-11)15-2-1-14-20-4-6-24(14)22-15;1-2/h1-2,4,6-8,11,25H,3,5,9H2,(H,21,26);2H,1H3/t11-;/m0./s1. The van der Waals surface area contributed by atoms with Gasteiger partial charge in [-0.2, -0.15) is 0 Å². The van der Waals surface area contributed by atoms with E-state index in [4.69, 9.17) is 28.3 Å². The molecule has 3 aromatic rings. The highest BCUT2D eigenvalue weighted by molar-refractivity contribution is 6.36. The van der Waals surface area contributed by atoms with Crippen LogP contribution in [0.2, 0.25) is 10.0 Å². The number of aliphatic hydroxyl groups is 1. The molecule has 1 atom stereocenters. The van der Waals surface area contributed by atoms with Crippen molar-refractivity contribution in [3.63, 3.8) is 0 Å². The number of phenolic OH excluding ortho intramolecular Hbond substituents is 1. The van der Waals surface area contributed by atoms with Crippen LogP contribution in [0.1, 0.15) is 16.8 Å². The van der Waals surface area contributed by atoms with Crippen molar-refractivity contribution in [1.29, 1.82) is 0 Å². The van der Waals surface area contributed by atoms with Gasteiger partial charge in [0.25, 0.3) is 5.91 Å². The first kappa shape index (κ1) is 20.2. The number of hydrogen-bond donors (Lipinski definition) is 3. The van der Waals surface area contributed by atoms with Gasteiger partial charge < -0.3 is 20.4 Å². The summed E-state index contributed by atoms with van der Waals surface area (Å²) in [5.74, 6) is 0.147. The molecule has 1 aromatic carbocycles. The molecule has 3 heterocycles. The Morgan fingerprint density at radius 2 is 2.07 bits per heavy atom. The van der Waals surface area contributed by atoms with Gasteiger partial charge in [0.05, 0.1) is 10.6 Å². The highest BCUT2D eigenvalue weighted by Gasteiger charge is 2.26. The summed E-state index contributed by atoms with van der Waals surface area (Å²) in [5, 5.41) is 24.8. The zero-order valence-electron chi connectivity index (χ0n) is 15.0. The summed E-state index contributed by atoms with van der Waals surface area (Å²) >= 11 is 11.8. The van der Waals surface area contributed by atoms with Gasteiger partial charge in [0.1, 0.15) is 11.6 Å². The number of aromatic nitrogens is 3. The molecule has 0 aliphatic carbocycles. The van der Waals surface area contributed by atoms with Crippen molar-refractivity contribution in [3.05, 3.63) is 52.3 Å². The summed E-state index contributed by atoms with van der Waals surface area (Å²) < 4.78 is 1.72. The van der Waals surface area contributed by atoms with Crippen LogP contribution in [0.25, 0.3) is 5.65 Å². The van der Waals surface area contributed by atoms with Gasteiger partial charge in [-0.05, 0) is 30.7 Å². The van der Waals surface area contributed by atoms with E-state index in [9.17, 15) is 9.90 Å². The Labute approximate surface area is 171 Å². The van der Waals surface area contributed by atoms with Crippen molar-refractivity contribution >= 4 is 40.6 Å². The van der Waals surface area contributed by atoms with Crippen LogP contribution < -0.4 is 10.2 Å². The molecule has 28 heavy (non-hydrogen) atoms. The molecule has 1 aliphatic heterocycles. The Balaban J connectivity index is 0.00000109. The molecule has 3 N–H and O–H groups in total. The third-order valence-corrected chi connectivity index (χ3v) is 4.87. The second kappa shape index (κ2) is 8.64. The van der Waals surface area contributed by atoms with Crippen molar-refractivity contribution in [2.45, 2.75) is 12.5 Å². The van der Waals surface area contributed by atoms with Crippen LogP contribution in [0.4, 0.5) is 5.82 Å². The number of anilines is 1. The van der Waals surface area contributed by atoms with E-state index in [1.165, 1.54) is 12.1 Å². The van der Waals surface area contributed by atoms with Gasteiger partial charge in [-0.25, -0.2) is 9.50 Å². The van der Waals surface area contributed by atoms with E-state index in [0.29, 0.717) is 11.6 Å². The molecule has 0 radical (unpaired) electrons. The number of nitrogens with zero attached hydrogens (tertiary/aromatic N) is 4. The summed E-state index contributed by atoms with van der Waals surface area (Å²) in [6, 6.07) is 6.54. The maximum absolute atomic E-state index is 12.5. The monoisotopic (exact) mass is 423 g/mol. The Bertz CT molecular complexity index is 995. The molecule has 1 aliphatic rings. The van der Waals surface area contributed by atoms with E-state index in [1.807, 2.05) is 12.1 Å². The Morgan fingerprint density at radius 3 is 2.86 bits per heavy atom. The lowest BCUT2D eigenvalue weighted by atomic mass is 10.1. The van der Waals surface area contributed by atoms with Gasteiger partial charge in [0, 0.05) is 43.7 Å². The number of nitrogens with one attached hydrogen (secondary N) is 1. The van der Waals surface area contributed by atoms with Gasteiger partial charge >= 0.3 is 0 Å². The number of carbonyl (C=O) groups is 1. The minimum absolute atomic E-state index is 0.0496. The van der Waals surface area contributed by atoms with Gasteiger partial charge in [0.2, 0.25) is 0 Å². The Hall–Kier alpha value is -2.55. The number of hydrogen-bond acceptors (Lipinski definition) is 6. The normalized spacial score (nSPS) is 16.0. The quantitative estimate of drug-likeness (QED) is 0.597. The molecule has 0 spiro atoms. The molecule has 0 bridgehead atoms. The van der Waals surface area contributed by atoms with Crippen LogP contribution in [0.15, 0.2) is 36.7 Å². The van der Waals surface area contributed by atoms with E-state index in [0.717, 1.165) is 31.5 Å². The fraction of sp³-hybridized carbons (Fsp3) is 0.278. The summed E-state index contributed by atoms with van der Waals surface area (Å²) in [6.07, 6.45) is 4.26. The Morgan fingerprint density at radius 1 is 1.29 bits per heavy atom. The second-order valence-corrected chi connectivity index (χ2v) is 6.95. The number of amides is 1. The van der Waals surface area contributed by atoms with E-state index < -0.39 is 5.91 Å². The van der Waals surface area contributed by atoms with Gasteiger partial charge in [-0.3, -0.25) is 4.79 Å². The zero-order chi connectivity index (χ0) is 20.3. The average molecular weight is 424 g/mol. The smallest absolute Gasteiger partial charge is 0.255 e. The summed E-state index contributed by atoms with van der Waals surface area (Å²) in [5.41, 5.74) is 0.852. The lowest BCUT2D eigenvalue weighted by molar-refractivity contribution is 0.0937. The molecule has 8 nitrogen and oxygen atoms in total. The molecule has 4 rings (SSSR count). The topological polar surface area (TPSA) is 103 Å². The predicted molar refractivity (Wildman–Crippen MR) is 107 cm³/mol. The number of imidazole rings is 1. The maximum Gasteiger partial charge on any atom is 0.255 e. The molecule has 0 saturated carbocycles. The molecule has 1 saturated heterocycles. The SMILES string of the molecule is CO.O=C(N[C@H]1CCN(c2ccc3nccn3n2)C1)c1cc(Cl)cc(Cl)c1O. The summed E-state index contributed by atoms with van der Waals surface area (Å²) in [4.78, 5) is 18.7. The number of benzene rings is 1. The van der Waals surface area contributed by atoms with E-state index >= 15 is 0 Å². The van der Waals surface area contributed by atoms with E-state index in [-0.39, 0.29) is 22.4 Å². The Kier molecular flexibility index (Phi) is 6.23. The van der Waals surface area contributed by atoms with Crippen LogP contribution in [-0.4, -0.2) is 57.0 Å². The van der Waals surface area contributed by atoms with E-state index in [1.54, 1.807) is 16.9 Å². The van der Waals surface area contributed by atoms with Crippen molar-refractivity contribution < 1.29 is 15.0 Å². The third-order valence-electron chi connectivity index (χ3n) is 4.36. The molecule has 148 valence electrons. The molecule has 10 heteroatoms. The average Bonchev–Trinajstić information content (AvgIpc) is 3.34. The first-order valence-electron chi connectivity index (χ1n) is 8.50. The minimum Gasteiger partial charge on any atom is -0.506 e. The zero-order valence-corrected chi connectivity index (χ0v) is 16.5. The van der Waals surface area contributed by atoms with Gasteiger partial charge in [0.15, 0.2) is 5.65 Å². The van der Waals surface area contributed by atoms with Crippen molar-refractivity contribution in [2.75, 3.05) is 25.1 Å². The molecule has 1 fully saturated rings. The minimum atomic E-state index is -0.406. The van der Waals surface area contributed by atoms with Crippen LogP contribution >= 0.6 is 23.2 Å². The number of carbonyl (C=O) groups excluding carboxylic acids is 1. The maximum atomic E-state index is 12.5. The number of halogens is 2. The number of fused-ring (bicyclic) bond motifs is 1. The van der Waals surface area contributed by atoms with Crippen molar-refractivity contribution in [2.24, 2.45) is 0 Å². The number of aliphatic hydroxyl groups excluding tert-OH is 1. The van der Waals surface area contributed by atoms with Crippen LogP contribution in [-0.2, 0) is 0 Å². The second-order valence-electron chi connectivity index (χ2n) is 6.11. The molecule has 0 unspecified atom stereocenters. The van der Waals surface area contributed by atoms with E-state index in [2.05, 4.69) is 20.3 Å². The lowest BCUT2D eigenvalue weighted by Gasteiger charge is -2.18. The van der Waals surface area contributed by atoms with Gasteiger partial charge in [-0.15, -0.1) is 5.10 Å². The highest BCUT2D eigenvalue weighted by Crippen LogP contribution is 2.31. The summed E-state index contributed by atoms with van der Waals surface area (Å²) in [7, 11) is 1.00. The van der Waals surface area contributed by atoms with Crippen LogP contribution in [0.3, 0.4) is 0 Å². The first-order valence-corrected chi connectivity index (χ1v) is 9.26. The summed E-state index contributed by atoms with van der Waals surface area (Å²) in [6.45, 7) is 1.38.